The molecular formula is C11H18ClNO2S2. The highest BCUT2D eigenvalue weighted by Crippen LogP contribution is 2.28. The third kappa shape index (κ3) is 3.02. The molecule has 0 unspecified atom stereocenters. The summed E-state index contributed by atoms with van der Waals surface area (Å²) >= 11 is 7.06. The summed E-state index contributed by atoms with van der Waals surface area (Å²) in [6, 6.07) is 1.65. The molecular weight excluding hydrogens is 278 g/mol. The number of rotatable bonds is 5. The van der Waals surface area contributed by atoms with Gasteiger partial charge in [0.2, 0.25) is 10.0 Å². The SMILES string of the molecule is CCC(C)(C)N(C)S(=O)(=O)c1csc(CCl)c1. The number of sulfonamides is 1. The van der Waals surface area contributed by atoms with Gasteiger partial charge < -0.3 is 0 Å². The van der Waals surface area contributed by atoms with Crippen LogP contribution in [0.2, 0.25) is 0 Å². The Balaban J connectivity index is 3.11. The summed E-state index contributed by atoms with van der Waals surface area (Å²) in [5.41, 5.74) is -0.387. The van der Waals surface area contributed by atoms with E-state index in [1.165, 1.54) is 15.6 Å². The number of halogens is 1. The highest BCUT2D eigenvalue weighted by atomic mass is 35.5. The first-order valence-electron chi connectivity index (χ1n) is 5.38. The minimum atomic E-state index is -3.41. The molecule has 0 aliphatic carbocycles. The summed E-state index contributed by atoms with van der Waals surface area (Å²) in [5, 5.41) is 1.65. The third-order valence-corrected chi connectivity index (χ3v) is 6.72. The molecule has 0 saturated carbocycles. The molecule has 0 fully saturated rings. The number of thiophene rings is 1. The van der Waals surface area contributed by atoms with E-state index in [0.717, 1.165) is 11.3 Å². The molecule has 0 N–H and O–H groups in total. The zero-order valence-corrected chi connectivity index (χ0v) is 12.9. The van der Waals surface area contributed by atoms with E-state index in [1.54, 1.807) is 18.5 Å². The lowest BCUT2D eigenvalue weighted by Crippen LogP contribution is -2.44. The van der Waals surface area contributed by atoms with E-state index >= 15 is 0 Å². The Morgan fingerprint density at radius 1 is 1.47 bits per heavy atom. The molecule has 0 aliphatic rings. The van der Waals surface area contributed by atoms with Crippen molar-refractivity contribution < 1.29 is 8.42 Å². The van der Waals surface area contributed by atoms with E-state index in [-0.39, 0.29) is 5.54 Å². The molecule has 0 radical (unpaired) electrons. The van der Waals surface area contributed by atoms with Gasteiger partial charge in [-0.25, -0.2) is 8.42 Å². The molecule has 1 rings (SSSR count). The summed E-state index contributed by atoms with van der Waals surface area (Å²) < 4.78 is 26.1. The first-order valence-corrected chi connectivity index (χ1v) is 8.23. The van der Waals surface area contributed by atoms with Crippen LogP contribution in [0.3, 0.4) is 0 Å². The Hall–Kier alpha value is -0.100. The zero-order chi connectivity index (χ0) is 13.3. The van der Waals surface area contributed by atoms with E-state index < -0.39 is 10.0 Å². The quantitative estimate of drug-likeness (QED) is 0.782. The van der Waals surface area contributed by atoms with Crippen LogP contribution in [0, 0.1) is 0 Å². The lowest BCUT2D eigenvalue weighted by molar-refractivity contribution is 0.257. The molecule has 0 aromatic carbocycles. The van der Waals surface area contributed by atoms with Crippen molar-refractivity contribution in [2.24, 2.45) is 0 Å². The highest BCUT2D eigenvalue weighted by molar-refractivity contribution is 7.89. The summed E-state index contributed by atoms with van der Waals surface area (Å²) in [4.78, 5) is 1.20. The van der Waals surface area contributed by atoms with E-state index in [9.17, 15) is 8.42 Å². The fraction of sp³-hybridized carbons (Fsp3) is 0.636. The smallest absolute Gasteiger partial charge is 0.207 e. The molecule has 0 atom stereocenters. The molecule has 3 nitrogen and oxygen atoms in total. The van der Waals surface area contributed by atoms with Gasteiger partial charge in [-0.1, -0.05) is 6.92 Å². The van der Waals surface area contributed by atoms with E-state index in [1.807, 2.05) is 20.8 Å². The number of alkyl halides is 1. The largest absolute Gasteiger partial charge is 0.244 e. The van der Waals surface area contributed by atoms with Crippen molar-refractivity contribution >= 4 is 33.0 Å². The van der Waals surface area contributed by atoms with Crippen LogP contribution < -0.4 is 0 Å². The second kappa shape index (κ2) is 5.26. The summed E-state index contributed by atoms with van der Waals surface area (Å²) in [6.45, 7) is 5.81. The topological polar surface area (TPSA) is 37.4 Å². The van der Waals surface area contributed by atoms with Crippen molar-refractivity contribution in [3.8, 4) is 0 Å². The van der Waals surface area contributed by atoms with Gasteiger partial charge >= 0.3 is 0 Å². The van der Waals surface area contributed by atoms with Crippen molar-refractivity contribution in [2.75, 3.05) is 7.05 Å². The molecule has 0 amide bonds. The number of hydrogen-bond acceptors (Lipinski definition) is 3. The standard InChI is InChI=1S/C11H18ClNO2S2/c1-5-11(2,3)13(4)17(14,15)10-6-9(7-12)16-8-10/h6,8H,5,7H2,1-4H3. The average Bonchev–Trinajstić information content (AvgIpc) is 2.77. The average molecular weight is 296 g/mol. The summed E-state index contributed by atoms with van der Waals surface area (Å²) in [7, 11) is -1.79. The van der Waals surface area contributed by atoms with Crippen LogP contribution in [0.1, 0.15) is 32.1 Å². The van der Waals surface area contributed by atoms with Crippen molar-refractivity contribution in [2.45, 2.75) is 43.5 Å². The van der Waals surface area contributed by atoms with Gasteiger partial charge in [-0.3, -0.25) is 0 Å². The molecule has 0 saturated heterocycles. The molecule has 1 heterocycles. The number of nitrogens with zero attached hydrogens (tertiary/aromatic N) is 1. The van der Waals surface area contributed by atoms with Crippen LogP contribution in [0.25, 0.3) is 0 Å². The van der Waals surface area contributed by atoms with Crippen LogP contribution in [0.15, 0.2) is 16.3 Å². The molecule has 1 aromatic heterocycles. The normalized spacial score (nSPS) is 13.3. The minimum Gasteiger partial charge on any atom is -0.207 e. The molecule has 6 heteroatoms. The van der Waals surface area contributed by atoms with Gasteiger partial charge in [0.1, 0.15) is 0 Å². The summed E-state index contributed by atoms with van der Waals surface area (Å²) in [5.74, 6) is 0.348. The van der Waals surface area contributed by atoms with Crippen molar-refractivity contribution in [3.05, 3.63) is 16.3 Å². The third-order valence-electron chi connectivity index (χ3n) is 3.14. The maximum absolute atomic E-state index is 12.4. The maximum atomic E-state index is 12.4. The predicted octanol–water partition coefficient (Wildman–Crippen LogP) is 3.30. The van der Waals surface area contributed by atoms with Crippen molar-refractivity contribution in [1.82, 2.24) is 4.31 Å². The predicted molar refractivity (Wildman–Crippen MR) is 73.2 cm³/mol. The maximum Gasteiger partial charge on any atom is 0.244 e. The van der Waals surface area contributed by atoms with Gasteiger partial charge in [-0.15, -0.1) is 22.9 Å². The Morgan fingerprint density at radius 2 is 2.06 bits per heavy atom. The second-order valence-electron chi connectivity index (χ2n) is 4.52. The highest BCUT2D eigenvalue weighted by Gasteiger charge is 2.33. The van der Waals surface area contributed by atoms with Gasteiger partial charge in [-0.2, -0.15) is 4.31 Å². The first-order chi connectivity index (χ1) is 7.75. The van der Waals surface area contributed by atoms with Crippen LogP contribution >= 0.6 is 22.9 Å². The van der Waals surface area contributed by atoms with Crippen LogP contribution in [0.4, 0.5) is 0 Å². The van der Waals surface area contributed by atoms with Crippen LogP contribution in [-0.4, -0.2) is 25.3 Å². The molecule has 0 bridgehead atoms. The Labute approximate surface area is 112 Å². The lowest BCUT2D eigenvalue weighted by atomic mass is 10.0. The van der Waals surface area contributed by atoms with Gasteiger partial charge in [0.05, 0.1) is 10.8 Å². The Morgan fingerprint density at radius 3 is 2.47 bits per heavy atom. The van der Waals surface area contributed by atoms with E-state index in [2.05, 4.69) is 0 Å². The lowest BCUT2D eigenvalue weighted by Gasteiger charge is -2.33. The molecule has 17 heavy (non-hydrogen) atoms. The fourth-order valence-electron chi connectivity index (χ4n) is 1.27. The Bertz CT molecular complexity index is 479. The van der Waals surface area contributed by atoms with E-state index in [0.29, 0.717) is 10.8 Å². The Kier molecular flexibility index (Phi) is 4.63. The first kappa shape index (κ1) is 15.0. The zero-order valence-electron chi connectivity index (χ0n) is 10.5. The van der Waals surface area contributed by atoms with Gasteiger partial charge in [0.15, 0.2) is 0 Å². The monoisotopic (exact) mass is 295 g/mol. The molecule has 98 valence electrons. The van der Waals surface area contributed by atoms with Crippen molar-refractivity contribution in [1.29, 1.82) is 0 Å². The second-order valence-corrected chi connectivity index (χ2v) is 7.75. The minimum absolute atomic E-state index is 0.335. The fourth-order valence-corrected chi connectivity index (χ4v) is 4.22. The van der Waals surface area contributed by atoms with Gasteiger partial charge in [0.25, 0.3) is 0 Å². The van der Waals surface area contributed by atoms with Gasteiger partial charge in [0, 0.05) is 22.8 Å². The van der Waals surface area contributed by atoms with Crippen LogP contribution in [-0.2, 0) is 15.9 Å². The van der Waals surface area contributed by atoms with E-state index in [4.69, 9.17) is 11.6 Å². The van der Waals surface area contributed by atoms with Crippen molar-refractivity contribution in [3.63, 3.8) is 0 Å². The molecule has 1 aromatic rings. The number of hydrogen-bond donors (Lipinski definition) is 0. The molecule has 0 aliphatic heterocycles. The summed E-state index contributed by atoms with van der Waals surface area (Å²) in [6.07, 6.45) is 0.759. The van der Waals surface area contributed by atoms with Crippen LogP contribution in [0.5, 0.6) is 0 Å². The van der Waals surface area contributed by atoms with Gasteiger partial charge in [-0.05, 0) is 26.3 Å². The molecule has 0 spiro atoms.